The molecule has 0 amide bonds. The molecule has 4 unspecified atom stereocenters. The highest BCUT2D eigenvalue weighted by atomic mass is 16.5. The molecule has 0 saturated carbocycles. The molecule has 1 aromatic rings. The summed E-state index contributed by atoms with van der Waals surface area (Å²) in [6, 6.07) is 10.2. The first-order valence-corrected chi connectivity index (χ1v) is 6.60. The van der Waals surface area contributed by atoms with E-state index in [1.807, 2.05) is 18.2 Å². The first kappa shape index (κ1) is 13.2. The lowest BCUT2D eigenvalue weighted by atomic mass is 9.84. The van der Waals surface area contributed by atoms with E-state index in [2.05, 4.69) is 39.5 Å². The summed E-state index contributed by atoms with van der Waals surface area (Å²) < 4.78 is 11.7. The second-order valence-corrected chi connectivity index (χ2v) is 5.22. The van der Waals surface area contributed by atoms with Gasteiger partial charge in [-0.15, -0.1) is 0 Å². The van der Waals surface area contributed by atoms with E-state index in [0.717, 1.165) is 5.76 Å². The quantitative estimate of drug-likeness (QED) is 0.808. The number of hydrogen-bond acceptors (Lipinski definition) is 2. The molecule has 2 rings (SSSR count). The van der Waals surface area contributed by atoms with Crippen LogP contribution in [0.25, 0.3) is 0 Å². The average molecular weight is 246 g/mol. The summed E-state index contributed by atoms with van der Waals surface area (Å²) in [5, 5.41) is 0. The smallest absolute Gasteiger partial charge is 0.118 e. The van der Waals surface area contributed by atoms with Crippen molar-refractivity contribution in [2.24, 2.45) is 11.8 Å². The van der Waals surface area contributed by atoms with Gasteiger partial charge in [-0.1, -0.05) is 50.8 Å². The third-order valence-corrected chi connectivity index (χ3v) is 3.97. The minimum absolute atomic E-state index is 0.00333. The molecule has 98 valence electrons. The Hall–Kier alpha value is -1.28. The standard InChI is InChI=1S/C16H22O2/c1-11-12(2)16(14(4)18-13(11)3)17-10-15-8-6-5-7-9-15/h5-9,11-13,16H,4,10H2,1-3H3. The molecular weight excluding hydrogens is 224 g/mol. The summed E-state index contributed by atoms with van der Waals surface area (Å²) >= 11 is 0. The summed E-state index contributed by atoms with van der Waals surface area (Å²) in [7, 11) is 0. The second-order valence-electron chi connectivity index (χ2n) is 5.22. The number of hydrogen-bond donors (Lipinski definition) is 0. The van der Waals surface area contributed by atoms with E-state index in [9.17, 15) is 0 Å². The molecule has 0 aliphatic carbocycles. The maximum Gasteiger partial charge on any atom is 0.118 e. The van der Waals surface area contributed by atoms with Crippen molar-refractivity contribution in [3.05, 3.63) is 48.2 Å². The van der Waals surface area contributed by atoms with Crippen molar-refractivity contribution in [3.63, 3.8) is 0 Å². The lowest BCUT2D eigenvalue weighted by Gasteiger charge is -2.39. The van der Waals surface area contributed by atoms with Crippen LogP contribution in [0.15, 0.2) is 42.7 Å². The van der Waals surface area contributed by atoms with E-state index < -0.39 is 0 Å². The van der Waals surface area contributed by atoms with Crippen LogP contribution in [0.2, 0.25) is 0 Å². The van der Waals surface area contributed by atoms with Crippen LogP contribution >= 0.6 is 0 Å². The van der Waals surface area contributed by atoms with Gasteiger partial charge in [0, 0.05) is 0 Å². The second kappa shape index (κ2) is 5.57. The Balaban J connectivity index is 1.98. The molecule has 0 bridgehead atoms. The number of ether oxygens (including phenoxy) is 2. The molecule has 1 fully saturated rings. The van der Waals surface area contributed by atoms with Gasteiger partial charge < -0.3 is 9.47 Å². The highest BCUT2D eigenvalue weighted by molar-refractivity contribution is 5.14. The Kier molecular flexibility index (Phi) is 4.07. The van der Waals surface area contributed by atoms with Crippen LogP contribution in [-0.2, 0) is 16.1 Å². The summed E-state index contributed by atoms with van der Waals surface area (Å²) in [5.41, 5.74) is 1.18. The molecule has 1 aromatic carbocycles. The summed E-state index contributed by atoms with van der Waals surface area (Å²) in [5.74, 6) is 1.69. The minimum Gasteiger partial charge on any atom is -0.493 e. The van der Waals surface area contributed by atoms with Crippen molar-refractivity contribution < 1.29 is 9.47 Å². The van der Waals surface area contributed by atoms with Gasteiger partial charge in [-0.05, 0) is 24.3 Å². The van der Waals surface area contributed by atoms with E-state index in [4.69, 9.17) is 9.47 Å². The summed E-state index contributed by atoms with van der Waals surface area (Å²) in [4.78, 5) is 0. The average Bonchev–Trinajstić information content (AvgIpc) is 2.37. The first-order valence-electron chi connectivity index (χ1n) is 6.60. The van der Waals surface area contributed by atoms with Gasteiger partial charge in [-0.2, -0.15) is 0 Å². The Bertz CT molecular complexity index is 399. The van der Waals surface area contributed by atoms with Crippen LogP contribution in [0.3, 0.4) is 0 Å². The third kappa shape index (κ3) is 2.75. The molecule has 0 N–H and O–H groups in total. The summed E-state index contributed by atoms with van der Waals surface area (Å²) in [6.45, 7) is 11.1. The van der Waals surface area contributed by atoms with Crippen LogP contribution < -0.4 is 0 Å². The van der Waals surface area contributed by atoms with Crippen molar-refractivity contribution in [1.29, 1.82) is 0 Å². The molecule has 4 atom stereocenters. The molecular formula is C16H22O2. The SMILES string of the molecule is C=C1OC(C)C(C)C(C)C1OCc1ccccc1. The summed E-state index contributed by atoms with van der Waals surface area (Å²) in [6.07, 6.45) is 0.223. The fourth-order valence-electron chi connectivity index (χ4n) is 2.41. The Morgan fingerprint density at radius 2 is 1.78 bits per heavy atom. The first-order chi connectivity index (χ1) is 8.59. The monoisotopic (exact) mass is 246 g/mol. The molecule has 0 spiro atoms. The maximum absolute atomic E-state index is 5.99. The van der Waals surface area contributed by atoms with E-state index in [-0.39, 0.29) is 12.2 Å². The molecule has 0 radical (unpaired) electrons. The largest absolute Gasteiger partial charge is 0.493 e. The predicted molar refractivity (Wildman–Crippen MR) is 73.0 cm³/mol. The van der Waals surface area contributed by atoms with E-state index in [1.165, 1.54) is 5.56 Å². The van der Waals surface area contributed by atoms with Gasteiger partial charge in [0.15, 0.2) is 0 Å². The van der Waals surface area contributed by atoms with E-state index >= 15 is 0 Å². The molecule has 18 heavy (non-hydrogen) atoms. The molecule has 1 heterocycles. The predicted octanol–water partition coefficient (Wildman–Crippen LogP) is 3.78. The van der Waals surface area contributed by atoms with Gasteiger partial charge in [0.2, 0.25) is 0 Å². The van der Waals surface area contributed by atoms with Gasteiger partial charge in [0.05, 0.1) is 12.7 Å². The lowest BCUT2D eigenvalue weighted by Crippen LogP contribution is -2.41. The van der Waals surface area contributed by atoms with Crippen LogP contribution in [0.5, 0.6) is 0 Å². The molecule has 1 saturated heterocycles. The minimum atomic E-state index is -0.00333. The Labute approximate surface area is 110 Å². The van der Waals surface area contributed by atoms with Crippen molar-refractivity contribution in [2.45, 2.75) is 39.6 Å². The topological polar surface area (TPSA) is 18.5 Å². The zero-order valence-electron chi connectivity index (χ0n) is 11.4. The van der Waals surface area contributed by atoms with Gasteiger partial charge in [-0.3, -0.25) is 0 Å². The zero-order valence-corrected chi connectivity index (χ0v) is 11.4. The molecule has 0 aromatic heterocycles. The van der Waals surface area contributed by atoms with Crippen LogP contribution in [0, 0.1) is 11.8 Å². The fourth-order valence-corrected chi connectivity index (χ4v) is 2.41. The fraction of sp³-hybridized carbons (Fsp3) is 0.500. The van der Waals surface area contributed by atoms with Gasteiger partial charge >= 0.3 is 0 Å². The normalized spacial score (nSPS) is 32.1. The van der Waals surface area contributed by atoms with Crippen LogP contribution in [0.1, 0.15) is 26.3 Å². The maximum atomic E-state index is 5.99. The zero-order chi connectivity index (χ0) is 13.1. The highest BCUT2D eigenvalue weighted by Gasteiger charge is 2.36. The molecule has 1 aliphatic rings. The van der Waals surface area contributed by atoms with E-state index in [0.29, 0.717) is 18.4 Å². The van der Waals surface area contributed by atoms with Gasteiger partial charge in [0.25, 0.3) is 0 Å². The third-order valence-electron chi connectivity index (χ3n) is 3.97. The van der Waals surface area contributed by atoms with Gasteiger partial charge in [-0.25, -0.2) is 0 Å². The van der Waals surface area contributed by atoms with Crippen molar-refractivity contribution in [1.82, 2.24) is 0 Å². The number of rotatable bonds is 3. The molecule has 1 aliphatic heterocycles. The lowest BCUT2D eigenvalue weighted by molar-refractivity contribution is -0.0945. The molecule has 2 heteroatoms. The molecule has 2 nitrogen and oxygen atoms in total. The van der Waals surface area contributed by atoms with Crippen molar-refractivity contribution in [3.8, 4) is 0 Å². The van der Waals surface area contributed by atoms with Crippen molar-refractivity contribution in [2.75, 3.05) is 0 Å². The van der Waals surface area contributed by atoms with Gasteiger partial charge in [0.1, 0.15) is 11.9 Å². The number of benzene rings is 1. The van der Waals surface area contributed by atoms with Crippen molar-refractivity contribution >= 4 is 0 Å². The van der Waals surface area contributed by atoms with Crippen LogP contribution in [0.4, 0.5) is 0 Å². The Morgan fingerprint density at radius 3 is 2.44 bits per heavy atom. The van der Waals surface area contributed by atoms with Crippen LogP contribution in [-0.4, -0.2) is 12.2 Å². The Morgan fingerprint density at radius 1 is 1.11 bits per heavy atom. The highest BCUT2D eigenvalue weighted by Crippen LogP contribution is 2.34. The van der Waals surface area contributed by atoms with E-state index in [1.54, 1.807) is 0 Å².